The van der Waals surface area contributed by atoms with Crippen LogP contribution in [-0.4, -0.2) is 47.9 Å². The highest BCUT2D eigenvalue weighted by Crippen LogP contribution is 2.24. The molecule has 2 aliphatic heterocycles. The van der Waals surface area contributed by atoms with Gasteiger partial charge in [0, 0.05) is 19.1 Å². The Morgan fingerprint density at radius 1 is 1.27 bits per heavy atom. The maximum atomic E-state index is 12.8. The van der Waals surface area contributed by atoms with Crippen LogP contribution in [0.1, 0.15) is 18.1 Å². The topological polar surface area (TPSA) is 98.7 Å². The van der Waals surface area contributed by atoms with Crippen molar-refractivity contribution >= 4 is 15.9 Å². The minimum absolute atomic E-state index is 0.275. The lowest BCUT2D eigenvalue weighted by atomic mass is 10.0. The van der Waals surface area contributed by atoms with Crippen molar-refractivity contribution < 1.29 is 18.3 Å². The number of amides is 1. The molecule has 2 heterocycles. The quantitative estimate of drug-likeness (QED) is 0.656. The number of carbonyl (C=O) groups is 1. The highest BCUT2D eigenvalue weighted by molar-refractivity contribution is 7.90. The molecule has 1 amide bonds. The maximum Gasteiger partial charge on any atom is 0.244 e. The van der Waals surface area contributed by atoms with Crippen molar-refractivity contribution in [2.45, 2.75) is 37.5 Å². The Morgan fingerprint density at radius 3 is 2.64 bits per heavy atom. The normalized spacial score (nSPS) is 29.7. The second kappa shape index (κ2) is 5.62. The number of nitrogens with zero attached hydrogens (tertiary/aromatic N) is 1. The molecule has 120 valence electrons. The number of rotatable bonds is 2. The number of nitrogens with one attached hydrogen (secondary N) is 2. The Morgan fingerprint density at radius 2 is 1.95 bits per heavy atom. The van der Waals surface area contributed by atoms with Crippen LogP contribution in [0.15, 0.2) is 24.3 Å². The summed E-state index contributed by atoms with van der Waals surface area (Å²) in [5.41, 5.74) is 2.11. The van der Waals surface area contributed by atoms with Gasteiger partial charge in [-0.15, -0.1) is 0 Å². The Kier molecular flexibility index (Phi) is 3.94. The third-order valence-corrected chi connectivity index (χ3v) is 6.48. The number of sulfonamides is 1. The van der Waals surface area contributed by atoms with Gasteiger partial charge in [-0.1, -0.05) is 24.3 Å². The smallest absolute Gasteiger partial charge is 0.244 e. The van der Waals surface area contributed by atoms with Crippen LogP contribution in [0.5, 0.6) is 0 Å². The van der Waals surface area contributed by atoms with Crippen LogP contribution in [0.25, 0.3) is 0 Å². The number of hydrogen-bond donors (Lipinski definition) is 3. The molecule has 0 aliphatic carbocycles. The van der Waals surface area contributed by atoms with Gasteiger partial charge in [-0.25, -0.2) is 8.42 Å². The van der Waals surface area contributed by atoms with Gasteiger partial charge in [-0.2, -0.15) is 4.31 Å². The average Bonchev–Trinajstić information content (AvgIpc) is 2.45. The molecule has 3 rings (SSSR count). The first-order chi connectivity index (χ1) is 10.4. The van der Waals surface area contributed by atoms with Gasteiger partial charge in [0.05, 0.1) is 0 Å². The van der Waals surface area contributed by atoms with Crippen molar-refractivity contribution in [2.24, 2.45) is 0 Å². The van der Waals surface area contributed by atoms with Crippen LogP contribution in [0, 0.1) is 0 Å². The van der Waals surface area contributed by atoms with E-state index in [9.17, 15) is 18.3 Å². The molecule has 8 heteroatoms. The third-order valence-electron chi connectivity index (χ3n) is 4.19. The molecule has 0 saturated carbocycles. The zero-order valence-corrected chi connectivity index (χ0v) is 13.0. The standard InChI is InChI=1S/C14H19N3O4S/c1-9-12(13(18)16-14(19)15-9)22(20,21)17-7-6-10-4-2-3-5-11(10)8-17/h2-5,9,12,14-15,19H,6-8H2,1H3,(H,16,18). The molecule has 0 spiro atoms. The van der Waals surface area contributed by atoms with Gasteiger partial charge >= 0.3 is 0 Å². The van der Waals surface area contributed by atoms with E-state index >= 15 is 0 Å². The lowest BCUT2D eigenvalue weighted by molar-refractivity contribution is -0.128. The first-order valence-corrected chi connectivity index (χ1v) is 8.70. The summed E-state index contributed by atoms with van der Waals surface area (Å²) >= 11 is 0. The predicted octanol–water partition coefficient (Wildman–Crippen LogP) is -0.873. The van der Waals surface area contributed by atoms with Crippen molar-refractivity contribution in [1.29, 1.82) is 0 Å². The average molecular weight is 325 g/mol. The van der Waals surface area contributed by atoms with Crippen LogP contribution < -0.4 is 10.6 Å². The molecule has 1 aromatic carbocycles. The van der Waals surface area contributed by atoms with E-state index in [4.69, 9.17) is 0 Å². The molecule has 1 saturated heterocycles. The molecule has 2 aliphatic rings. The Hall–Kier alpha value is -1.48. The zero-order chi connectivity index (χ0) is 15.9. The molecule has 7 nitrogen and oxygen atoms in total. The van der Waals surface area contributed by atoms with Gasteiger partial charge in [-0.05, 0) is 24.5 Å². The monoisotopic (exact) mass is 325 g/mol. The van der Waals surface area contributed by atoms with Crippen LogP contribution in [0.3, 0.4) is 0 Å². The minimum atomic E-state index is -3.80. The SMILES string of the molecule is CC1NC(O)NC(=O)C1S(=O)(=O)N1CCc2ccccc2C1. The largest absolute Gasteiger partial charge is 0.361 e. The predicted molar refractivity (Wildman–Crippen MR) is 80.0 cm³/mol. The number of carbonyl (C=O) groups excluding carboxylic acids is 1. The van der Waals surface area contributed by atoms with Gasteiger partial charge in [-0.3, -0.25) is 10.1 Å². The second-order valence-corrected chi connectivity index (χ2v) is 7.74. The van der Waals surface area contributed by atoms with E-state index in [1.807, 2.05) is 24.3 Å². The summed E-state index contributed by atoms with van der Waals surface area (Å²) in [7, 11) is -3.80. The van der Waals surface area contributed by atoms with E-state index in [1.54, 1.807) is 6.92 Å². The van der Waals surface area contributed by atoms with Crippen molar-refractivity contribution in [3.05, 3.63) is 35.4 Å². The van der Waals surface area contributed by atoms with Crippen LogP contribution in [0.4, 0.5) is 0 Å². The second-order valence-electron chi connectivity index (χ2n) is 5.68. The molecule has 1 aromatic rings. The molecule has 3 unspecified atom stereocenters. The fourth-order valence-electron chi connectivity index (χ4n) is 3.06. The van der Waals surface area contributed by atoms with E-state index < -0.39 is 33.6 Å². The molecular formula is C14H19N3O4S. The van der Waals surface area contributed by atoms with Crippen LogP contribution in [-0.2, 0) is 27.8 Å². The summed E-state index contributed by atoms with van der Waals surface area (Å²) in [5, 5.41) is 13.1. The first kappa shape index (κ1) is 15.4. The first-order valence-electron chi connectivity index (χ1n) is 7.20. The van der Waals surface area contributed by atoms with Gasteiger partial charge in [0.15, 0.2) is 11.6 Å². The summed E-state index contributed by atoms with van der Waals surface area (Å²) < 4.78 is 27.0. The Balaban J connectivity index is 1.86. The fourth-order valence-corrected chi connectivity index (χ4v) is 4.98. The molecule has 1 fully saturated rings. The summed E-state index contributed by atoms with van der Waals surface area (Å²) in [5.74, 6) is -0.669. The fraction of sp³-hybridized carbons (Fsp3) is 0.500. The van der Waals surface area contributed by atoms with E-state index in [0.717, 1.165) is 11.1 Å². The minimum Gasteiger partial charge on any atom is -0.361 e. The summed E-state index contributed by atoms with van der Waals surface area (Å²) in [4.78, 5) is 12.0. The van der Waals surface area contributed by atoms with Gasteiger partial charge in [0.1, 0.15) is 0 Å². The van der Waals surface area contributed by atoms with Gasteiger partial charge in [0.2, 0.25) is 15.9 Å². The number of aliphatic hydroxyl groups excluding tert-OH is 1. The number of aliphatic hydroxyl groups is 1. The highest BCUT2D eigenvalue weighted by atomic mass is 32.2. The highest BCUT2D eigenvalue weighted by Gasteiger charge is 2.45. The van der Waals surface area contributed by atoms with Crippen molar-refractivity contribution in [1.82, 2.24) is 14.9 Å². The zero-order valence-electron chi connectivity index (χ0n) is 12.2. The molecule has 3 N–H and O–H groups in total. The van der Waals surface area contributed by atoms with E-state index in [2.05, 4.69) is 10.6 Å². The lowest BCUT2D eigenvalue weighted by Gasteiger charge is -2.37. The molecular weight excluding hydrogens is 306 g/mol. The Labute approximate surface area is 129 Å². The number of fused-ring (bicyclic) bond motifs is 1. The summed E-state index contributed by atoms with van der Waals surface area (Å²) in [6.45, 7) is 2.22. The summed E-state index contributed by atoms with van der Waals surface area (Å²) in [6, 6.07) is 7.05. The molecule has 0 radical (unpaired) electrons. The number of benzene rings is 1. The van der Waals surface area contributed by atoms with E-state index in [-0.39, 0.29) is 6.54 Å². The number of hydrogen-bond acceptors (Lipinski definition) is 5. The molecule has 3 atom stereocenters. The van der Waals surface area contributed by atoms with Gasteiger partial charge < -0.3 is 10.4 Å². The molecule has 22 heavy (non-hydrogen) atoms. The van der Waals surface area contributed by atoms with E-state index in [1.165, 1.54) is 4.31 Å². The van der Waals surface area contributed by atoms with Crippen molar-refractivity contribution in [2.75, 3.05) is 6.54 Å². The Bertz CT molecular complexity index is 691. The maximum absolute atomic E-state index is 12.8. The van der Waals surface area contributed by atoms with Crippen LogP contribution >= 0.6 is 0 Å². The van der Waals surface area contributed by atoms with Crippen LogP contribution in [0.2, 0.25) is 0 Å². The van der Waals surface area contributed by atoms with Gasteiger partial charge in [0.25, 0.3) is 0 Å². The lowest BCUT2D eigenvalue weighted by Crippen LogP contribution is -2.66. The third kappa shape index (κ3) is 2.63. The van der Waals surface area contributed by atoms with Crippen molar-refractivity contribution in [3.8, 4) is 0 Å². The van der Waals surface area contributed by atoms with E-state index in [0.29, 0.717) is 13.0 Å². The molecule has 0 bridgehead atoms. The van der Waals surface area contributed by atoms with Crippen molar-refractivity contribution in [3.63, 3.8) is 0 Å². The summed E-state index contributed by atoms with van der Waals surface area (Å²) in [6.07, 6.45) is -0.579. The molecule has 0 aromatic heterocycles.